The zero-order valence-corrected chi connectivity index (χ0v) is 38.1. The van der Waals surface area contributed by atoms with Crippen LogP contribution in [-0.4, -0.2) is 13.4 Å². The van der Waals surface area contributed by atoms with Crippen molar-refractivity contribution in [2.24, 2.45) is 0 Å². The summed E-state index contributed by atoms with van der Waals surface area (Å²) >= 11 is 3.66. The first-order valence-corrected chi connectivity index (χ1v) is 24.8. The Hall–Kier alpha value is -7.77. The van der Waals surface area contributed by atoms with Crippen molar-refractivity contribution >= 4 is 148 Å². The van der Waals surface area contributed by atoms with Crippen LogP contribution in [0.15, 0.2) is 247 Å². The average Bonchev–Trinajstić information content (AvgIpc) is 3.99. The van der Waals surface area contributed by atoms with Crippen LogP contribution in [0.25, 0.3) is 43.5 Å². The van der Waals surface area contributed by atoms with Crippen molar-refractivity contribution in [3.63, 3.8) is 0 Å². The Labute approximate surface area is 402 Å². The van der Waals surface area contributed by atoms with Gasteiger partial charge >= 0.3 is 0 Å². The molecule has 3 aliphatic rings. The smallest absolute Gasteiger partial charge is 0.290 e. The molecule has 8 heteroatoms. The fourth-order valence-corrected chi connectivity index (χ4v) is 13.4. The van der Waals surface area contributed by atoms with Crippen molar-refractivity contribution in [1.82, 2.24) is 0 Å². The molecule has 0 N–H and O–H groups in total. The van der Waals surface area contributed by atoms with Gasteiger partial charge in [-0.15, -0.1) is 0 Å². The van der Waals surface area contributed by atoms with Gasteiger partial charge in [0.25, 0.3) is 13.4 Å². The molecular formula is C60H36B2N2O2S2. The van der Waals surface area contributed by atoms with Crippen LogP contribution in [-0.2, 0) is 0 Å². The lowest BCUT2D eigenvalue weighted by atomic mass is 9.23. The number of rotatable bonds is 4. The molecule has 316 valence electrons. The van der Waals surface area contributed by atoms with Gasteiger partial charge in [0.05, 0.1) is 34.1 Å². The second kappa shape index (κ2) is 14.9. The van der Waals surface area contributed by atoms with E-state index in [1.54, 1.807) is 0 Å². The lowest BCUT2D eigenvalue weighted by Crippen LogP contribution is -2.73. The first-order chi connectivity index (χ1) is 33.7. The molecule has 0 spiro atoms. The van der Waals surface area contributed by atoms with Crippen LogP contribution < -0.4 is 43.0 Å². The van der Waals surface area contributed by atoms with Gasteiger partial charge in [-0.3, -0.25) is 0 Å². The average molecular weight is 903 g/mol. The molecule has 0 radical (unpaired) electrons. The highest BCUT2D eigenvalue weighted by Crippen LogP contribution is 2.52. The third-order valence-corrected chi connectivity index (χ3v) is 16.5. The van der Waals surface area contributed by atoms with Gasteiger partial charge in [0, 0.05) is 41.7 Å². The predicted octanol–water partition coefficient (Wildman–Crippen LogP) is 12.7. The van der Waals surface area contributed by atoms with Crippen LogP contribution in [0, 0.1) is 0 Å². The minimum absolute atomic E-state index is 0.252. The number of nitrogens with zero attached hydrogens (tertiary/aromatic N) is 2. The molecule has 2 aromatic heterocycles. The molecule has 0 saturated carbocycles. The fourth-order valence-electron chi connectivity index (χ4n) is 11.3. The SMILES string of the molecule is c1ccc2c(c1)Sc1ccccc1N2c1ccc(B2c3oc4ccc5ccccc5c4c3B(c3ccc(N4c5ccccc5Sc5ccccc54)cc3)c3oc4ccc5ccccc5c4c32)cc1. The normalized spacial score (nSPS) is 13.6. The second-order valence-corrected chi connectivity index (χ2v) is 20.0. The summed E-state index contributed by atoms with van der Waals surface area (Å²) in [6.45, 7) is -0.503. The number of fused-ring (bicyclic) bond motifs is 14. The minimum Gasteiger partial charge on any atom is -0.471 e. The molecule has 0 bridgehead atoms. The first kappa shape index (κ1) is 38.3. The number of para-hydroxylation sites is 4. The Balaban J connectivity index is 0.963. The molecule has 3 aliphatic heterocycles. The molecule has 4 nitrogen and oxygen atoms in total. The lowest BCUT2D eigenvalue weighted by Gasteiger charge is -2.33. The van der Waals surface area contributed by atoms with Gasteiger partial charge < -0.3 is 18.6 Å². The number of hydrogen-bond acceptors (Lipinski definition) is 6. The maximum Gasteiger partial charge on any atom is 0.290 e. The Kier molecular flexibility index (Phi) is 8.38. The van der Waals surface area contributed by atoms with Crippen molar-refractivity contribution < 1.29 is 8.83 Å². The van der Waals surface area contributed by atoms with E-state index in [2.05, 4.69) is 228 Å². The molecule has 5 heterocycles. The van der Waals surface area contributed by atoms with E-state index in [9.17, 15) is 0 Å². The summed E-state index contributed by atoms with van der Waals surface area (Å²) < 4.78 is 14.8. The summed E-state index contributed by atoms with van der Waals surface area (Å²) in [5.41, 5.74) is 15.3. The van der Waals surface area contributed by atoms with Gasteiger partial charge in [-0.05, 0) is 117 Å². The van der Waals surface area contributed by atoms with Gasteiger partial charge in [0.2, 0.25) is 0 Å². The molecule has 10 aromatic carbocycles. The summed E-state index contributed by atoms with van der Waals surface area (Å²) in [4.78, 5) is 9.77. The van der Waals surface area contributed by atoms with Gasteiger partial charge in [-0.2, -0.15) is 0 Å². The maximum atomic E-state index is 7.38. The van der Waals surface area contributed by atoms with E-state index in [0.29, 0.717) is 0 Å². The van der Waals surface area contributed by atoms with E-state index in [1.807, 2.05) is 23.5 Å². The maximum absolute atomic E-state index is 7.38. The summed E-state index contributed by atoms with van der Waals surface area (Å²) in [6, 6.07) is 79.4. The second-order valence-electron chi connectivity index (χ2n) is 17.9. The monoisotopic (exact) mass is 902 g/mol. The van der Waals surface area contributed by atoms with Gasteiger partial charge in [-0.1, -0.05) is 168 Å². The van der Waals surface area contributed by atoms with Crippen molar-refractivity contribution in [1.29, 1.82) is 0 Å². The Morgan fingerprint density at radius 3 is 1.04 bits per heavy atom. The third kappa shape index (κ3) is 5.62. The summed E-state index contributed by atoms with van der Waals surface area (Å²) in [5.74, 6) is 0. The van der Waals surface area contributed by atoms with E-state index >= 15 is 0 Å². The number of furan rings is 2. The predicted molar refractivity (Wildman–Crippen MR) is 287 cm³/mol. The van der Waals surface area contributed by atoms with E-state index in [-0.39, 0.29) is 13.4 Å². The van der Waals surface area contributed by atoms with E-state index in [0.717, 1.165) is 66.5 Å². The van der Waals surface area contributed by atoms with Crippen molar-refractivity contribution in [3.05, 3.63) is 218 Å². The molecule has 0 fully saturated rings. The molecule has 0 saturated heterocycles. The van der Waals surface area contributed by atoms with Crippen LogP contribution in [0.1, 0.15) is 0 Å². The van der Waals surface area contributed by atoms with Crippen molar-refractivity contribution in [2.45, 2.75) is 19.6 Å². The summed E-state index contributed by atoms with van der Waals surface area (Å²) in [7, 11) is 0. The van der Waals surface area contributed by atoms with Crippen LogP contribution >= 0.6 is 23.5 Å². The first-order valence-electron chi connectivity index (χ1n) is 23.1. The Morgan fingerprint density at radius 2 is 0.662 bits per heavy atom. The minimum atomic E-state index is -0.252. The highest BCUT2D eigenvalue weighted by Gasteiger charge is 2.47. The Morgan fingerprint density at radius 1 is 0.324 bits per heavy atom. The standard InChI is InChI=1S/C60H36B2N2O2S2/c1-3-15-43-37(13-1)25-35-49-55(43)57-59(65-49)62(40-29-33-42(34-30-40)64-47-19-7-11-23-53(47)68-54-24-12-8-20-48(54)64)58-56-44-16-4-2-14-38(44)26-36-50(56)66-60(58)61(57)39-27-31-41(32-28-39)63-45-17-5-9-21-51(45)67-52-22-10-6-18-46(52)63/h1-36H. The molecule has 0 unspecified atom stereocenters. The molecule has 12 aromatic rings. The fraction of sp³-hybridized carbons (Fsp3) is 0. The Bertz CT molecular complexity index is 3680. The van der Waals surface area contributed by atoms with E-state index < -0.39 is 0 Å². The van der Waals surface area contributed by atoms with Crippen molar-refractivity contribution in [3.8, 4) is 0 Å². The molecule has 0 aliphatic carbocycles. The molecular weight excluding hydrogens is 866 g/mol. The number of anilines is 6. The number of hydrogen-bond donors (Lipinski definition) is 0. The molecule has 68 heavy (non-hydrogen) atoms. The topological polar surface area (TPSA) is 32.8 Å². The highest BCUT2D eigenvalue weighted by atomic mass is 32.2. The van der Waals surface area contributed by atoms with Gasteiger partial charge in [0.15, 0.2) is 0 Å². The lowest BCUT2D eigenvalue weighted by molar-refractivity contribution is 0.647. The zero-order chi connectivity index (χ0) is 44.5. The summed E-state index contributed by atoms with van der Waals surface area (Å²) in [5, 5.41) is 6.99. The summed E-state index contributed by atoms with van der Waals surface area (Å²) in [6.07, 6.45) is 0. The van der Waals surface area contributed by atoms with Crippen molar-refractivity contribution in [2.75, 3.05) is 9.80 Å². The van der Waals surface area contributed by atoms with Crippen LogP contribution in [0.5, 0.6) is 0 Å². The number of benzene rings is 10. The molecule has 15 rings (SSSR count). The van der Waals surface area contributed by atoms with Gasteiger partial charge in [0.1, 0.15) is 11.2 Å². The molecule has 0 amide bonds. The largest absolute Gasteiger partial charge is 0.471 e. The molecule has 0 atom stereocenters. The quantitative estimate of drug-likeness (QED) is 0.164. The third-order valence-electron chi connectivity index (χ3n) is 14.2. The van der Waals surface area contributed by atoms with Crippen LogP contribution in [0.2, 0.25) is 0 Å². The van der Waals surface area contributed by atoms with E-state index in [4.69, 9.17) is 8.83 Å². The van der Waals surface area contributed by atoms with Crippen LogP contribution in [0.3, 0.4) is 0 Å². The highest BCUT2D eigenvalue weighted by molar-refractivity contribution is 8.00. The zero-order valence-electron chi connectivity index (χ0n) is 36.5. The van der Waals surface area contributed by atoms with Crippen LogP contribution in [0.4, 0.5) is 34.1 Å². The van der Waals surface area contributed by atoms with E-state index in [1.165, 1.54) is 63.9 Å². The van der Waals surface area contributed by atoms with Gasteiger partial charge in [-0.25, -0.2) is 0 Å².